The number of unbranched alkanes of at least 4 members (excludes halogenated alkanes) is 7. The van der Waals surface area contributed by atoms with E-state index in [-0.39, 0.29) is 5.48 Å². The molecule has 0 saturated carbocycles. The second-order valence-corrected chi connectivity index (χ2v) is 4.85. The van der Waals surface area contributed by atoms with Gasteiger partial charge in [-0.25, -0.2) is 0 Å². The first-order valence-electron chi connectivity index (χ1n) is 7.11. The van der Waals surface area contributed by atoms with Crippen molar-refractivity contribution in [2.75, 3.05) is 0 Å². The van der Waals surface area contributed by atoms with Gasteiger partial charge < -0.3 is 10.6 Å². The number of hydrogen-bond donors (Lipinski definition) is 1. The molecule has 104 valence electrons. The van der Waals surface area contributed by atoms with E-state index in [1.54, 1.807) is 6.07 Å². The standard InChI is InChI=1S/C16H26O.H2O/c1-2-3-4-5-6-7-8-9-12-15-13-10-11-14-16(15)17;/h10-11,13-14,17H,2-9,12H2,1H3;1H2. The SMILES string of the molecule is CCCCCCCCCCc1ccccc1O.O. The predicted molar refractivity (Wildman–Crippen MR) is 78.0 cm³/mol. The Morgan fingerprint density at radius 3 is 2.00 bits per heavy atom. The maximum atomic E-state index is 9.61. The summed E-state index contributed by atoms with van der Waals surface area (Å²) in [5.74, 6) is 0.454. The maximum absolute atomic E-state index is 9.61. The van der Waals surface area contributed by atoms with Gasteiger partial charge in [-0.3, -0.25) is 0 Å². The van der Waals surface area contributed by atoms with Gasteiger partial charge in [-0.2, -0.15) is 0 Å². The molecule has 0 aliphatic carbocycles. The number of aryl methyl sites for hydroxylation is 1. The molecule has 0 aromatic heterocycles. The highest BCUT2D eigenvalue weighted by Crippen LogP contribution is 2.18. The normalized spacial score (nSPS) is 10.1. The number of para-hydroxylation sites is 1. The van der Waals surface area contributed by atoms with Crippen molar-refractivity contribution in [1.82, 2.24) is 0 Å². The number of hydrogen-bond acceptors (Lipinski definition) is 1. The molecule has 0 radical (unpaired) electrons. The zero-order chi connectivity index (χ0) is 12.3. The molecule has 1 aromatic rings. The zero-order valence-electron chi connectivity index (χ0n) is 11.6. The minimum absolute atomic E-state index is 0. The molecule has 0 heterocycles. The van der Waals surface area contributed by atoms with Crippen LogP contribution in [0.5, 0.6) is 5.75 Å². The molecule has 1 rings (SSSR count). The molecule has 0 fully saturated rings. The lowest BCUT2D eigenvalue weighted by Gasteiger charge is -2.04. The van der Waals surface area contributed by atoms with Gasteiger partial charge in [0.2, 0.25) is 0 Å². The predicted octanol–water partition coefficient (Wildman–Crippen LogP) is 4.25. The van der Waals surface area contributed by atoms with E-state index in [9.17, 15) is 5.11 Å². The first-order valence-corrected chi connectivity index (χ1v) is 7.11. The van der Waals surface area contributed by atoms with Crippen LogP contribution >= 0.6 is 0 Å². The average molecular weight is 252 g/mol. The van der Waals surface area contributed by atoms with Gasteiger partial charge >= 0.3 is 0 Å². The molecule has 3 N–H and O–H groups in total. The quantitative estimate of drug-likeness (QED) is 0.656. The maximum Gasteiger partial charge on any atom is 0.118 e. The van der Waals surface area contributed by atoms with Crippen molar-refractivity contribution in [3.8, 4) is 5.75 Å². The summed E-state index contributed by atoms with van der Waals surface area (Å²) in [4.78, 5) is 0. The van der Waals surface area contributed by atoms with Gasteiger partial charge in [-0.15, -0.1) is 0 Å². The Morgan fingerprint density at radius 2 is 1.39 bits per heavy atom. The minimum Gasteiger partial charge on any atom is -0.508 e. The molecule has 18 heavy (non-hydrogen) atoms. The first-order chi connectivity index (χ1) is 8.34. The highest BCUT2D eigenvalue weighted by molar-refractivity contribution is 5.31. The summed E-state index contributed by atoms with van der Waals surface area (Å²) in [6.07, 6.45) is 11.7. The second-order valence-electron chi connectivity index (χ2n) is 4.85. The second kappa shape index (κ2) is 11.1. The number of phenols is 1. The minimum atomic E-state index is 0. The topological polar surface area (TPSA) is 51.7 Å². The van der Waals surface area contributed by atoms with Gasteiger partial charge in [0.1, 0.15) is 5.75 Å². The molecule has 0 unspecified atom stereocenters. The van der Waals surface area contributed by atoms with Gasteiger partial charge in [0.25, 0.3) is 0 Å². The summed E-state index contributed by atoms with van der Waals surface area (Å²) >= 11 is 0. The number of aromatic hydroxyl groups is 1. The third-order valence-corrected chi connectivity index (χ3v) is 3.29. The summed E-state index contributed by atoms with van der Waals surface area (Å²) in [7, 11) is 0. The van der Waals surface area contributed by atoms with Crippen molar-refractivity contribution in [3.05, 3.63) is 29.8 Å². The highest BCUT2D eigenvalue weighted by Gasteiger charge is 1.98. The van der Waals surface area contributed by atoms with Crippen LogP contribution in [0.2, 0.25) is 0 Å². The van der Waals surface area contributed by atoms with E-state index < -0.39 is 0 Å². The van der Waals surface area contributed by atoms with Gasteiger partial charge in [0, 0.05) is 0 Å². The van der Waals surface area contributed by atoms with Crippen molar-refractivity contribution in [1.29, 1.82) is 0 Å². The molecule has 2 heteroatoms. The number of phenolic OH excluding ortho intramolecular Hbond substituents is 1. The molecule has 0 amide bonds. The average Bonchev–Trinajstić information content (AvgIpc) is 2.35. The van der Waals surface area contributed by atoms with Crippen LogP contribution in [0.25, 0.3) is 0 Å². The van der Waals surface area contributed by atoms with E-state index in [0.29, 0.717) is 5.75 Å². The van der Waals surface area contributed by atoms with Crippen LogP contribution in [-0.2, 0) is 6.42 Å². The number of rotatable bonds is 9. The van der Waals surface area contributed by atoms with Gasteiger partial charge in [-0.05, 0) is 24.5 Å². The molecular formula is C16H28O2. The van der Waals surface area contributed by atoms with Crippen molar-refractivity contribution in [2.24, 2.45) is 0 Å². The fourth-order valence-corrected chi connectivity index (χ4v) is 2.17. The van der Waals surface area contributed by atoms with E-state index in [4.69, 9.17) is 0 Å². The Morgan fingerprint density at radius 1 is 0.833 bits per heavy atom. The summed E-state index contributed by atoms with van der Waals surface area (Å²) in [6.45, 7) is 2.26. The van der Waals surface area contributed by atoms with Crippen LogP contribution in [0.1, 0.15) is 63.9 Å². The lowest BCUT2D eigenvalue weighted by Crippen LogP contribution is -1.87. The van der Waals surface area contributed by atoms with Crippen molar-refractivity contribution >= 4 is 0 Å². The Hall–Kier alpha value is -1.02. The lowest BCUT2D eigenvalue weighted by atomic mass is 10.0. The molecule has 1 aromatic carbocycles. The lowest BCUT2D eigenvalue weighted by molar-refractivity contribution is 0.466. The fourth-order valence-electron chi connectivity index (χ4n) is 2.17. The Balaban J connectivity index is 0.00000289. The monoisotopic (exact) mass is 252 g/mol. The van der Waals surface area contributed by atoms with E-state index in [1.807, 2.05) is 18.2 Å². The summed E-state index contributed by atoms with van der Waals surface area (Å²) < 4.78 is 0. The van der Waals surface area contributed by atoms with Crippen LogP contribution in [-0.4, -0.2) is 10.6 Å². The zero-order valence-corrected chi connectivity index (χ0v) is 11.6. The fraction of sp³-hybridized carbons (Fsp3) is 0.625. The number of benzene rings is 1. The van der Waals surface area contributed by atoms with Crippen LogP contribution in [0.4, 0.5) is 0 Å². The Bertz CT molecular complexity index is 297. The smallest absolute Gasteiger partial charge is 0.118 e. The summed E-state index contributed by atoms with van der Waals surface area (Å²) in [5, 5.41) is 9.61. The first kappa shape index (κ1) is 17.0. The third kappa shape index (κ3) is 7.33. The highest BCUT2D eigenvalue weighted by atomic mass is 16.3. The van der Waals surface area contributed by atoms with Gasteiger partial charge in [0.05, 0.1) is 0 Å². The van der Waals surface area contributed by atoms with Crippen molar-refractivity contribution in [3.63, 3.8) is 0 Å². The summed E-state index contributed by atoms with van der Waals surface area (Å²) in [5.41, 5.74) is 1.10. The van der Waals surface area contributed by atoms with Crippen molar-refractivity contribution in [2.45, 2.75) is 64.7 Å². The van der Waals surface area contributed by atoms with Crippen molar-refractivity contribution < 1.29 is 10.6 Å². The molecule has 0 aliphatic heterocycles. The van der Waals surface area contributed by atoms with E-state index in [0.717, 1.165) is 12.0 Å². The largest absolute Gasteiger partial charge is 0.508 e. The van der Waals surface area contributed by atoms with E-state index in [1.165, 1.54) is 51.4 Å². The van der Waals surface area contributed by atoms with E-state index >= 15 is 0 Å². The summed E-state index contributed by atoms with van der Waals surface area (Å²) in [6, 6.07) is 7.68. The molecule has 0 aliphatic rings. The van der Waals surface area contributed by atoms with Gasteiger partial charge in [-0.1, -0.05) is 70.1 Å². The van der Waals surface area contributed by atoms with Crippen LogP contribution < -0.4 is 0 Å². The molecule has 0 atom stereocenters. The van der Waals surface area contributed by atoms with Crippen LogP contribution in [0, 0.1) is 0 Å². The molecule has 2 nitrogen and oxygen atoms in total. The molecule has 0 spiro atoms. The third-order valence-electron chi connectivity index (χ3n) is 3.29. The van der Waals surface area contributed by atoms with E-state index in [2.05, 4.69) is 6.92 Å². The van der Waals surface area contributed by atoms with Gasteiger partial charge in [0.15, 0.2) is 0 Å². The Labute approximate surface area is 111 Å². The molecular weight excluding hydrogens is 224 g/mol. The van der Waals surface area contributed by atoms with Crippen LogP contribution in [0.3, 0.4) is 0 Å². The van der Waals surface area contributed by atoms with Crippen LogP contribution in [0.15, 0.2) is 24.3 Å². The molecule has 0 bridgehead atoms. The Kier molecular flexibility index (Phi) is 10.5. The molecule has 0 saturated heterocycles.